The minimum Gasteiger partial charge on any atom is -0.376 e. The predicted molar refractivity (Wildman–Crippen MR) is 137 cm³/mol. The van der Waals surface area contributed by atoms with E-state index in [1.807, 2.05) is 62.3 Å². The second-order valence-corrected chi connectivity index (χ2v) is 10.1. The minimum absolute atomic E-state index is 0.0364. The highest BCUT2D eigenvalue weighted by atomic mass is 32.1. The Balaban J connectivity index is 1.68. The lowest BCUT2D eigenvalue weighted by atomic mass is 10.0. The molecule has 0 bridgehead atoms. The van der Waals surface area contributed by atoms with Crippen LogP contribution >= 0.6 is 11.3 Å². The molecule has 6 nitrogen and oxygen atoms in total. The van der Waals surface area contributed by atoms with Crippen LogP contribution in [0.1, 0.15) is 35.6 Å². The van der Waals surface area contributed by atoms with E-state index in [1.54, 1.807) is 16.2 Å². The Kier molecular flexibility index (Phi) is 7.98. The standard InChI is InChI=1S/C27H33N3O3S/c1-19-10-12-20(13-11-19)26(27(32)28-15-22-7-6-14-33-22)30(25(31)17-29(2)3)16-21-18-34-24-9-5-4-8-23(21)24/h4-5,8-13,18,22,26H,6-7,14-17H2,1-3H3,(H,28,32). The van der Waals surface area contributed by atoms with Gasteiger partial charge in [0, 0.05) is 24.4 Å². The number of benzene rings is 2. The number of hydrogen-bond acceptors (Lipinski definition) is 5. The number of amides is 2. The molecule has 1 aliphatic rings. The lowest BCUT2D eigenvalue weighted by Crippen LogP contribution is -2.47. The second kappa shape index (κ2) is 11.1. The van der Waals surface area contributed by atoms with E-state index in [0.717, 1.165) is 41.5 Å². The number of rotatable bonds is 9. The van der Waals surface area contributed by atoms with Crippen LogP contribution in [-0.4, -0.2) is 61.5 Å². The SMILES string of the molecule is Cc1ccc(C(C(=O)NCC2CCCO2)N(Cc2csc3ccccc23)C(=O)CN(C)C)cc1. The van der Waals surface area contributed by atoms with Crippen molar-refractivity contribution >= 4 is 33.2 Å². The molecule has 1 fully saturated rings. The van der Waals surface area contributed by atoms with Gasteiger partial charge in [0.2, 0.25) is 11.8 Å². The number of carbonyl (C=O) groups excluding carboxylic acids is 2. The van der Waals surface area contributed by atoms with Crippen molar-refractivity contribution < 1.29 is 14.3 Å². The Labute approximate surface area is 205 Å². The molecule has 34 heavy (non-hydrogen) atoms. The molecule has 0 spiro atoms. The number of nitrogens with one attached hydrogen (secondary N) is 1. The first-order valence-corrected chi connectivity index (χ1v) is 12.7. The Hall–Kier alpha value is -2.74. The van der Waals surface area contributed by atoms with Gasteiger partial charge in [0.1, 0.15) is 6.04 Å². The average molecular weight is 480 g/mol. The van der Waals surface area contributed by atoms with Crippen LogP contribution in [0, 0.1) is 6.92 Å². The molecule has 2 atom stereocenters. The lowest BCUT2D eigenvalue weighted by molar-refractivity contribution is -0.142. The second-order valence-electron chi connectivity index (χ2n) is 9.21. The first kappa shape index (κ1) is 24.4. The van der Waals surface area contributed by atoms with Crippen molar-refractivity contribution in [3.63, 3.8) is 0 Å². The van der Waals surface area contributed by atoms with Gasteiger partial charge in [-0.1, -0.05) is 48.0 Å². The van der Waals surface area contributed by atoms with Crippen molar-refractivity contribution in [3.8, 4) is 0 Å². The van der Waals surface area contributed by atoms with E-state index in [9.17, 15) is 9.59 Å². The molecule has 2 heterocycles. The zero-order valence-electron chi connectivity index (χ0n) is 20.1. The molecule has 1 saturated heterocycles. The van der Waals surface area contributed by atoms with Crippen LogP contribution < -0.4 is 5.32 Å². The third kappa shape index (κ3) is 5.84. The monoisotopic (exact) mass is 479 g/mol. The first-order valence-electron chi connectivity index (χ1n) is 11.8. The van der Waals surface area contributed by atoms with Gasteiger partial charge in [0.05, 0.1) is 12.6 Å². The van der Waals surface area contributed by atoms with Gasteiger partial charge in [0.25, 0.3) is 0 Å². The molecule has 7 heteroatoms. The maximum absolute atomic E-state index is 13.6. The Morgan fingerprint density at radius 3 is 2.62 bits per heavy atom. The fourth-order valence-corrected chi connectivity index (χ4v) is 5.32. The number of likely N-dealkylation sites (N-methyl/N-ethyl adjacent to an activating group) is 1. The van der Waals surface area contributed by atoms with Gasteiger partial charge in [-0.25, -0.2) is 0 Å². The number of nitrogens with zero attached hydrogens (tertiary/aromatic N) is 2. The van der Waals surface area contributed by atoms with E-state index in [1.165, 1.54) is 4.70 Å². The molecule has 0 aliphatic carbocycles. The maximum Gasteiger partial charge on any atom is 0.247 e. The van der Waals surface area contributed by atoms with Crippen LogP contribution in [0.2, 0.25) is 0 Å². The number of hydrogen-bond donors (Lipinski definition) is 1. The lowest BCUT2D eigenvalue weighted by Gasteiger charge is -2.32. The molecule has 4 rings (SSSR count). The fourth-order valence-electron chi connectivity index (χ4n) is 4.36. The molecule has 1 aliphatic heterocycles. The summed E-state index contributed by atoms with van der Waals surface area (Å²) in [5.41, 5.74) is 2.97. The summed E-state index contributed by atoms with van der Waals surface area (Å²) >= 11 is 1.66. The van der Waals surface area contributed by atoms with Gasteiger partial charge < -0.3 is 19.9 Å². The van der Waals surface area contributed by atoms with Gasteiger partial charge >= 0.3 is 0 Å². The molecular weight excluding hydrogens is 446 g/mol. The van der Waals surface area contributed by atoms with Gasteiger partial charge in [-0.2, -0.15) is 0 Å². The summed E-state index contributed by atoms with van der Waals surface area (Å²) < 4.78 is 6.87. The highest BCUT2D eigenvalue weighted by molar-refractivity contribution is 7.17. The van der Waals surface area contributed by atoms with E-state index in [-0.39, 0.29) is 24.5 Å². The molecule has 3 aromatic rings. The zero-order valence-corrected chi connectivity index (χ0v) is 20.9. The van der Waals surface area contributed by atoms with Gasteiger partial charge in [-0.15, -0.1) is 11.3 Å². The van der Waals surface area contributed by atoms with E-state index >= 15 is 0 Å². The van der Waals surface area contributed by atoms with Gasteiger partial charge in [-0.05, 0) is 61.8 Å². The van der Waals surface area contributed by atoms with Crippen molar-refractivity contribution in [2.45, 2.75) is 38.5 Å². The number of fused-ring (bicyclic) bond motifs is 1. The quantitative estimate of drug-likeness (QED) is 0.501. The minimum atomic E-state index is -0.729. The molecule has 2 unspecified atom stereocenters. The van der Waals surface area contributed by atoms with Crippen molar-refractivity contribution in [1.29, 1.82) is 0 Å². The number of ether oxygens (including phenoxy) is 1. The fraction of sp³-hybridized carbons (Fsp3) is 0.407. The molecule has 1 N–H and O–H groups in total. The normalized spacial score (nSPS) is 16.6. The maximum atomic E-state index is 13.6. The highest BCUT2D eigenvalue weighted by Gasteiger charge is 2.32. The van der Waals surface area contributed by atoms with Crippen LogP contribution in [0.15, 0.2) is 53.9 Å². The summed E-state index contributed by atoms with van der Waals surface area (Å²) in [5.74, 6) is -0.260. The van der Waals surface area contributed by atoms with Crippen LogP contribution in [0.4, 0.5) is 0 Å². The number of carbonyl (C=O) groups is 2. The third-order valence-electron chi connectivity index (χ3n) is 6.15. The Morgan fingerprint density at radius 1 is 1.15 bits per heavy atom. The largest absolute Gasteiger partial charge is 0.376 e. The third-order valence-corrected chi connectivity index (χ3v) is 7.17. The van der Waals surface area contributed by atoms with E-state index in [4.69, 9.17) is 4.74 Å². The van der Waals surface area contributed by atoms with E-state index in [0.29, 0.717) is 13.1 Å². The summed E-state index contributed by atoms with van der Waals surface area (Å²) in [7, 11) is 3.74. The van der Waals surface area contributed by atoms with E-state index in [2.05, 4.69) is 22.8 Å². The molecule has 180 valence electrons. The smallest absolute Gasteiger partial charge is 0.247 e. The summed E-state index contributed by atoms with van der Waals surface area (Å²) in [5, 5.41) is 6.29. The first-order chi connectivity index (χ1) is 16.4. The number of thiophene rings is 1. The zero-order chi connectivity index (χ0) is 24.1. The van der Waals surface area contributed by atoms with Crippen LogP contribution in [-0.2, 0) is 20.9 Å². The molecule has 0 radical (unpaired) electrons. The predicted octanol–water partition coefficient (Wildman–Crippen LogP) is 4.14. The molecule has 2 amide bonds. The summed E-state index contributed by atoms with van der Waals surface area (Å²) in [6.07, 6.45) is 2.00. The number of aryl methyl sites for hydroxylation is 1. The molecule has 1 aromatic heterocycles. The summed E-state index contributed by atoms with van der Waals surface area (Å²) in [6.45, 7) is 3.80. The van der Waals surface area contributed by atoms with E-state index < -0.39 is 6.04 Å². The Bertz CT molecular complexity index is 1120. The highest BCUT2D eigenvalue weighted by Crippen LogP contribution is 2.30. The van der Waals surface area contributed by atoms with Crippen LogP contribution in [0.5, 0.6) is 0 Å². The average Bonchev–Trinajstić information content (AvgIpc) is 3.48. The summed E-state index contributed by atoms with van der Waals surface area (Å²) in [4.78, 5) is 30.8. The molecular formula is C27H33N3O3S. The van der Waals surface area contributed by atoms with Crippen molar-refractivity contribution in [2.75, 3.05) is 33.8 Å². The van der Waals surface area contributed by atoms with Crippen LogP contribution in [0.25, 0.3) is 10.1 Å². The Morgan fingerprint density at radius 2 is 1.91 bits per heavy atom. The summed E-state index contributed by atoms with van der Waals surface area (Å²) in [6, 6.07) is 15.3. The van der Waals surface area contributed by atoms with Crippen molar-refractivity contribution in [2.24, 2.45) is 0 Å². The topological polar surface area (TPSA) is 61.9 Å². The van der Waals surface area contributed by atoms with Crippen LogP contribution in [0.3, 0.4) is 0 Å². The van der Waals surface area contributed by atoms with Crippen molar-refractivity contribution in [1.82, 2.24) is 15.1 Å². The molecule has 0 saturated carbocycles. The van der Waals surface area contributed by atoms with Gasteiger partial charge in [-0.3, -0.25) is 9.59 Å². The molecule has 2 aromatic carbocycles. The van der Waals surface area contributed by atoms with Crippen molar-refractivity contribution in [3.05, 3.63) is 70.6 Å². The van der Waals surface area contributed by atoms with Gasteiger partial charge in [0.15, 0.2) is 0 Å².